The van der Waals surface area contributed by atoms with Crippen LogP contribution in [-0.4, -0.2) is 18.3 Å². The summed E-state index contributed by atoms with van der Waals surface area (Å²) >= 11 is 0. The summed E-state index contributed by atoms with van der Waals surface area (Å²) in [5.41, 5.74) is 0.970. The zero-order valence-electron chi connectivity index (χ0n) is 9.87. The van der Waals surface area contributed by atoms with Gasteiger partial charge in [0.05, 0.1) is 5.69 Å². The van der Waals surface area contributed by atoms with Crippen molar-refractivity contribution in [2.24, 2.45) is 0 Å². The molecule has 1 aliphatic carbocycles. The van der Waals surface area contributed by atoms with Gasteiger partial charge in [0.15, 0.2) is 5.76 Å². The highest BCUT2D eigenvalue weighted by Crippen LogP contribution is 2.17. The molecular weight excluding hydrogens is 204 g/mol. The Bertz CT molecular complexity index is 306. The Labute approximate surface area is 96.3 Å². The SMILES string of the molecule is COCc1cc(CNC2CCCCC2)no1. The lowest BCUT2D eigenvalue weighted by Crippen LogP contribution is -2.30. The molecule has 1 fully saturated rings. The standard InChI is InChI=1S/C12H20N2O2/c1-15-9-12-7-11(14-16-12)8-13-10-5-3-2-4-6-10/h7,10,13H,2-6,8-9H2,1H3. The molecule has 0 amide bonds. The summed E-state index contributed by atoms with van der Waals surface area (Å²) in [5.74, 6) is 0.794. The molecule has 1 aliphatic rings. The molecule has 0 aromatic carbocycles. The van der Waals surface area contributed by atoms with Crippen molar-refractivity contribution < 1.29 is 9.26 Å². The predicted molar refractivity (Wildman–Crippen MR) is 60.9 cm³/mol. The minimum absolute atomic E-state index is 0.496. The van der Waals surface area contributed by atoms with Crippen molar-refractivity contribution in [3.8, 4) is 0 Å². The van der Waals surface area contributed by atoms with E-state index >= 15 is 0 Å². The Hall–Kier alpha value is -0.870. The van der Waals surface area contributed by atoms with Crippen LogP contribution in [-0.2, 0) is 17.9 Å². The highest BCUT2D eigenvalue weighted by molar-refractivity contribution is 5.04. The van der Waals surface area contributed by atoms with Crippen LogP contribution in [0.3, 0.4) is 0 Å². The van der Waals surface area contributed by atoms with Gasteiger partial charge in [-0.15, -0.1) is 0 Å². The molecule has 1 N–H and O–H groups in total. The van der Waals surface area contributed by atoms with Crippen LogP contribution in [0.4, 0.5) is 0 Å². The average Bonchev–Trinajstić information content (AvgIpc) is 2.76. The van der Waals surface area contributed by atoms with Gasteiger partial charge in [0.1, 0.15) is 6.61 Å². The number of nitrogens with zero attached hydrogens (tertiary/aromatic N) is 1. The Balaban J connectivity index is 1.75. The molecule has 4 heteroatoms. The number of hydrogen-bond acceptors (Lipinski definition) is 4. The van der Waals surface area contributed by atoms with Gasteiger partial charge in [0.2, 0.25) is 0 Å². The first-order valence-electron chi connectivity index (χ1n) is 6.05. The summed E-state index contributed by atoms with van der Waals surface area (Å²) in [6.07, 6.45) is 6.68. The quantitative estimate of drug-likeness (QED) is 0.833. The largest absolute Gasteiger partial charge is 0.377 e. The van der Waals surface area contributed by atoms with Crippen molar-refractivity contribution >= 4 is 0 Å². The molecule has 1 saturated carbocycles. The minimum atomic E-state index is 0.496. The molecular formula is C12H20N2O2. The van der Waals surface area contributed by atoms with E-state index in [0.717, 1.165) is 18.0 Å². The van der Waals surface area contributed by atoms with Crippen LogP contribution in [0.25, 0.3) is 0 Å². The maximum absolute atomic E-state index is 5.13. The van der Waals surface area contributed by atoms with E-state index in [4.69, 9.17) is 9.26 Å². The monoisotopic (exact) mass is 224 g/mol. The molecule has 1 aromatic rings. The summed E-state index contributed by atoms with van der Waals surface area (Å²) in [6, 6.07) is 2.62. The van der Waals surface area contributed by atoms with Crippen molar-refractivity contribution in [2.75, 3.05) is 7.11 Å². The van der Waals surface area contributed by atoms with Gasteiger partial charge in [-0.1, -0.05) is 24.4 Å². The molecule has 1 heterocycles. The molecule has 16 heavy (non-hydrogen) atoms. The van der Waals surface area contributed by atoms with Crippen LogP contribution in [0.5, 0.6) is 0 Å². The number of hydrogen-bond donors (Lipinski definition) is 1. The van der Waals surface area contributed by atoms with Crippen LogP contribution >= 0.6 is 0 Å². The number of methoxy groups -OCH3 is 1. The second-order valence-electron chi connectivity index (χ2n) is 4.43. The molecule has 0 unspecified atom stereocenters. The molecule has 0 spiro atoms. The Kier molecular flexibility index (Phi) is 4.36. The van der Waals surface area contributed by atoms with Gasteiger partial charge in [-0.2, -0.15) is 0 Å². The number of aromatic nitrogens is 1. The summed E-state index contributed by atoms with van der Waals surface area (Å²) in [6.45, 7) is 1.30. The van der Waals surface area contributed by atoms with Gasteiger partial charge >= 0.3 is 0 Å². The number of nitrogens with one attached hydrogen (secondary N) is 1. The van der Waals surface area contributed by atoms with E-state index in [0.29, 0.717) is 12.6 Å². The maximum atomic E-state index is 5.13. The van der Waals surface area contributed by atoms with E-state index in [1.807, 2.05) is 6.07 Å². The minimum Gasteiger partial charge on any atom is -0.377 e. The van der Waals surface area contributed by atoms with E-state index in [2.05, 4.69) is 10.5 Å². The van der Waals surface area contributed by atoms with Gasteiger partial charge in [0, 0.05) is 25.8 Å². The van der Waals surface area contributed by atoms with E-state index in [-0.39, 0.29) is 0 Å². The topological polar surface area (TPSA) is 47.3 Å². The van der Waals surface area contributed by atoms with Crippen molar-refractivity contribution in [1.29, 1.82) is 0 Å². The van der Waals surface area contributed by atoms with Gasteiger partial charge in [-0.25, -0.2) is 0 Å². The van der Waals surface area contributed by atoms with Crippen LogP contribution in [0, 0.1) is 0 Å². The summed E-state index contributed by atoms with van der Waals surface area (Å²) in [7, 11) is 1.66. The lowest BCUT2D eigenvalue weighted by atomic mass is 9.95. The van der Waals surface area contributed by atoms with Gasteiger partial charge in [-0.05, 0) is 12.8 Å². The fraction of sp³-hybridized carbons (Fsp3) is 0.750. The van der Waals surface area contributed by atoms with E-state index < -0.39 is 0 Å². The highest BCUT2D eigenvalue weighted by atomic mass is 16.5. The third-order valence-electron chi connectivity index (χ3n) is 3.07. The van der Waals surface area contributed by atoms with Crippen LogP contribution < -0.4 is 5.32 Å². The van der Waals surface area contributed by atoms with Crippen molar-refractivity contribution in [2.45, 2.75) is 51.3 Å². The predicted octanol–water partition coefficient (Wildman–Crippen LogP) is 2.24. The van der Waals surface area contributed by atoms with Crippen LogP contribution in [0.2, 0.25) is 0 Å². The smallest absolute Gasteiger partial charge is 0.162 e. The Morgan fingerprint density at radius 2 is 2.25 bits per heavy atom. The lowest BCUT2D eigenvalue weighted by molar-refractivity contribution is 0.155. The van der Waals surface area contributed by atoms with E-state index in [1.54, 1.807) is 7.11 Å². The van der Waals surface area contributed by atoms with Gasteiger partial charge in [0.25, 0.3) is 0 Å². The van der Waals surface area contributed by atoms with Gasteiger partial charge < -0.3 is 14.6 Å². The second-order valence-corrected chi connectivity index (χ2v) is 4.43. The molecule has 0 atom stereocenters. The molecule has 0 radical (unpaired) electrons. The first kappa shape index (κ1) is 11.6. The van der Waals surface area contributed by atoms with Crippen molar-refractivity contribution in [3.05, 3.63) is 17.5 Å². The Morgan fingerprint density at radius 3 is 3.00 bits per heavy atom. The second kappa shape index (κ2) is 6.01. The summed E-state index contributed by atoms with van der Waals surface area (Å²) in [4.78, 5) is 0. The first-order chi connectivity index (χ1) is 7.88. The summed E-state index contributed by atoms with van der Waals surface area (Å²) in [5, 5.41) is 7.53. The molecule has 0 aliphatic heterocycles. The molecule has 4 nitrogen and oxygen atoms in total. The van der Waals surface area contributed by atoms with Crippen LogP contribution in [0.1, 0.15) is 43.6 Å². The average molecular weight is 224 g/mol. The summed E-state index contributed by atoms with van der Waals surface area (Å²) < 4.78 is 10.1. The molecule has 1 aromatic heterocycles. The highest BCUT2D eigenvalue weighted by Gasteiger charge is 2.13. The third kappa shape index (κ3) is 3.32. The number of ether oxygens (including phenoxy) is 1. The fourth-order valence-electron chi connectivity index (χ4n) is 2.20. The van der Waals surface area contributed by atoms with Crippen molar-refractivity contribution in [3.63, 3.8) is 0 Å². The molecule has 2 rings (SSSR count). The molecule has 0 saturated heterocycles. The van der Waals surface area contributed by atoms with Crippen LogP contribution in [0.15, 0.2) is 10.6 Å². The lowest BCUT2D eigenvalue weighted by Gasteiger charge is -2.22. The van der Waals surface area contributed by atoms with Crippen molar-refractivity contribution in [1.82, 2.24) is 10.5 Å². The van der Waals surface area contributed by atoms with E-state index in [9.17, 15) is 0 Å². The Morgan fingerprint density at radius 1 is 1.44 bits per heavy atom. The molecule has 0 bridgehead atoms. The maximum Gasteiger partial charge on any atom is 0.162 e. The molecule has 90 valence electrons. The third-order valence-corrected chi connectivity index (χ3v) is 3.07. The van der Waals surface area contributed by atoms with Gasteiger partial charge in [-0.3, -0.25) is 0 Å². The number of rotatable bonds is 5. The first-order valence-corrected chi connectivity index (χ1v) is 6.05. The zero-order valence-corrected chi connectivity index (χ0v) is 9.87. The fourth-order valence-corrected chi connectivity index (χ4v) is 2.20. The normalized spacial score (nSPS) is 17.8. The zero-order chi connectivity index (χ0) is 11.2. The van der Waals surface area contributed by atoms with E-state index in [1.165, 1.54) is 32.1 Å².